The zero-order valence-electron chi connectivity index (χ0n) is 16.3. The van der Waals surface area contributed by atoms with Crippen molar-refractivity contribution in [2.24, 2.45) is 0 Å². The van der Waals surface area contributed by atoms with E-state index < -0.39 is 29.0 Å². The molecule has 5 atom stereocenters. The fourth-order valence-corrected chi connectivity index (χ4v) is 4.59. The van der Waals surface area contributed by atoms with Crippen LogP contribution in [0, 0.1) is 0 Å². The third-order valence-corrected chi connectivity index (χ3v) is 6.65. The molecule has 0 saturated carbocycles. The van der Waals surface area contributed by atoms with Crippen LogP contribution < -0.4 is 4.74 Å². The number of aliphatic hydroxyl groups excluding tert-OH is 5. The van der Waals surface area contributed by atoms with Crippen LogP contribution in [0.25, 0.3) is 0 Å². The molecule has 2 aromatic rings. The first-order valence-corrected chi connectivity index (χ1v) is 10.7. The van der Waals surface area contributed by atoms with E-state index in [2.05, 4.69) is 31.2 Å². The first kappa shape index (κ1) is 22.1. The van der Waals surface area contributed by atoms with Gasteiger partial charge < -0.3 is 30.3 Å². The number of benzene rings is 2. The maximum Gasteiger partial charge on any atom is 0.173 e. The van der Waals surface area contributed by atoms with Gasteiger partial charge in [0.2, 0.25) is 0 Å². The fraction of sp³-hybridized carbons (Fsp3) is 0.455. The summed E-state index contributed by atoms with van der Waals surface area (Å²) in [6.45, 7) is 1.61. The van der Waals surface area contributed by atoms with Crippen molar-refractivity contribution in [1.29, 1.82) is 0 Å². The SMILES string of the molecule is CCc1ccc(Cc2ccc(CO)cc2O[C@H]2S[C@@H](CO)[C@@H](O)[C@H](O)[C@H]2O)cc1. The minimum Gasteiger partial charge on any atom is -0.477 e. The largest absolute Gasteiger partial charge is 0.477 e. The van der Waals surface area contributed by atoms with Crippen LogP contribution in [0.1, 0.15) is 29.2 Å². The first-order chi connectivity index (χ1) is 14.0. The molecule has 0 unspecified atom stereocenters. The zero-order valence-corrected chi connectivity index (χ0v) is 17.1. The van der Waals surface area contributed by atoms with Gasteiger partial charge in [-0.05, 0) is 34.7 Å². The highest BCUT2D eigenvalue weighted by Crippen LogP contribution is 2.36. The van der Waals surface area contributed by atoms with Crippen LogP contribution in [0.15, 0.2) is 42.5 Å². The zero-order chi connectivity index (χ0) is 21.0. The minimum absolute atomic E-state index is 0.150. The summed E-state index contributed by atoms with van der Waals surface area (Å²) in [5.74, 6) is 0.493. The Morgan fingerprint density at radius 2 is 1.52 bits per heavy atom. The number of aryl methyl sites for hydroxylation is 1. The van der Waals surface area contributed by atoms with Gasteiger partial charge in [0.05, 0.1) is 24.6 Å². The number of hydrogen-bond donors (Lipinski definition) is 5. The van der Waals surface area contributed by atoms with Gasteiger partial charge in [0, 0.05) is 6.42 Å². The summed E-state index contributed by atoms with van der Waals surface area (Å²) < 4.78 is 6.03. The highest BCUT2D eigenvalue weighted by Gasteiger charge is 2.44. The molecule has 1 heterocycles. The van der Waals surface area contributed by atoms with Gasteiger partial charge in [-0.3, -0.25) is 0 Å². The molecule has 0 aromatic heterocycles. The van der Waals surface area contributed by atoms with Crippen molar-refractivity contribution in [3.63, 3.8) is 0 Å². The van der Waals surface area contributed by atoms with Crippen LogP contribution in [0.4, 0.5) is 0 Å². The molecular formula is C22H28O6S. The van der Waals surface area contributed by atoms with E-state index in [9.17, 15) is 25.5 Å². The number of ether oxygens (including phenoxy) is 1. The van der Waals surface area contributed by atoms with Crippen LogP contribution in [0.5, 0.6) is 5.75 Å². The molecule has 0 radical (unpaired) electrons. The first-order valence-electron chi connectivity index (χ1n) is 9.74. The summed E-state index contributed by atoms with van der Waals surface area (Å²) in [5.41, 5.74) is 3.04. The molecule has 1 fully saturated rings. The van der Waals surface area contributed by atoms with Gasteiger partial charge in [0.25, 0.3) is 0 Å². The second-order valence-electron chi connectivity index (χ2n) is 7.26. The highest BCUT2D eigenvalue weighted by molar-refractivity contribution is 8.00. The average molecular weight is 421 g/mol. The minimum atomic E-state index is -1.41. The lowest BCUT2D eigenvalue weighted by Crippen LogP contribution is -2.55. The van der Waals surface area contributed by atoms with E-state index in [4.69, 9.17) is 4.74 Å². The summed E-state index contributed by atoms with van der Waals surface area (Å²) in [5, 5.41) is 48.8. The fourth-order valence-electron chi connectivity index (χ4n) is 3.36. The molecular weight excluding hydrogens is 392 g/mol. The monoisotopic (exact) mass is 420 g/mol. The quantitative estimate of drug-likeness (QED) is 0.458. The standard InChI is InChI=1S/C22H28O6S/c1-2-13-3-5-14(6-4-13)9-16-8-7-15(11-23)10-17(16)28-22-21(27)20(26)19(25)18(12-24)29-22/h3-8,10,18-27H,2,9,11-12H2,1H3/t18-,19+,20-,21+,22-/m0/s1. The lowest BCUT2D eigenvalue weighted by Gasteiger charge is -2.39. The van der Waals surface area contributed by atoms with E-state index in [1.54, 1.807) is 6.07 Å². The maximum atomic E-state index is 10.4. The molecule has 1 aliphatic rings. The smallest absolute Gasteiger partial charge is 0.173 e. The molecule has 5 N–H and O–H groups in total. The summed E-state index contributed by atoms with van der Waals surface area (Å²) >= 11 is 1.08. The van der Waals surface area contributed by atoms with Crippen molar-refractivity contribution in [2.45, 2.75) is 55.4 Å². The third kappa shape index (κ3) is 5.12. The Bertz CT molecular complexity index is 794. The Kier molecular flexibility index (Phi) is 7.56. The Hall–Kier alpha value is -1.61. The van der Waals surface area contributed by atoms with E-state index in [1.807, 2.05) is 12.1 Å². The van der Waals surface area contributed by atoms with E-state index in [0.717, 1.165) is 29.3 Å². The highest BCUT2D eigenvalue weighted by atomic mass is 32.2. The normalized spacial score (nSPS) is 27.0. The Balaban J connectivity index is 1.84. The molecule has 6 nitrogen and oxygen atoms in total. The molecule has 0 amide bonds. The predicted molar refractivity (Wildman–Crippen MR) is 112 cm³/mol. The lowest BCUT2D eigenvalue weighted by atomic mass is 10.0. The number of hydrogen-bond acceptors (Lipinski definition) is 7. The Morgan fingerprint density at radius 1 is 0.862 bits per heavy atom. The number of thioether (sulfide) groups is 1. The van der Waals surface area contributed by atoms with Crippen LogP contribution >= 0.6 is 11.8 Å². The molecule has 158 valence electrons. The van der Waals surface area contributed by atoms with Crippen molar-refractivity contribution in [1.82, 2.24) is 0 Å². The van der Waals surface area contributed by atoms with Crippen LogP contribution in [-0.2, 0) is 19.4 Å². The van der Waals surface area contributed by atoms with E-state index in [0.29, 0.717) is 17.7 Å². The lowest BCUT2D eigenvalue weighted by molar-refractivity contribution is -0.0910. The second kappa shape index (κ2) is 9.93. The molecule has 3 rings (SSSR count). The van der Waals surface area contributed by atoms with Crippen molar-refractivity contribution in [3.05, 3.63) is 64.7 Å². The maximum absolute atomic E-state index is 10.4. The Morgan fingerprint density at radius 3 is 2.14 bits per heavy atom. The van der Waals surface area contributed by atoms with Gasteiger partial charge >= 0.3 is 0 Å². The topological polar surface area (TPSA) is 110 Å². The summed E-state index contributed by atoms with van der Waals surface area (Å²) in [6.07, 6.45) is -2.39. The van der Waals surface area contributed by atoms with Crippen molar-refractivity contribution in [2.75, 3.05) is 6.61 Å². The molecule has 29 heavy (non-hydrogen) atoms. The van der Waals surface area contributed by atoms with Gasteiger partial charge in [0.15, 0.2) is 5.44 Å². The summed E-state index contributed by atoms with van der Waals surface area (Å²) in [6, 6.07) is 13.7. The second-order valence-corrected chi connectivity index (χ2v) is 8.60. The molecule has 2 aromatic carbocycles. The van der Waals surface area contributed by atoms with E-state index >= 15 is 0 Å². The van der Waals surface area contributed by atoms with Crippen LogP contribution in [0.2, 0.25) is 0 Å². The predicted octanol–water partition coefficient (Wildman–Crippen LogP) is 1.23. The van der Waals surface area contributed by atoms with Crippen molar-refractivity contribution >= 4 is 11.8 Å². The van der Waals surface area contributed by atoms with Gasteiger partial charge in [-0.25, -0.2) is 0 Å². The van der Waals surface area contributed by atoms with Gasteiger partial charge in [-0.1, -0.05) is 43.3 Å². The van der Waals surface area contributed by atoms with Gasteiger partial charge in [-0.2, -0.15) is 0 Å². The Labute approximate surface area is 174 Å². The van der Waals surface area contributed by atoms with Crippen LogP contribution in [-0.4, -0.2) is 61.1 Å². The molecule has 0 spiro atoms. The molecule has 0 bridgehead atoms. The summed E-state index contributed by atoms with van der Waals surface area (Å²) in [4.78, 5) is 0. The molecule has 1 saturated heterocycles. The van der Waals surface area contributed by atoms with Crippen molar-refractivity contribution in [3.8, 4) is 5.75 Å². The van der Waals surface area contributed by atoms with Gasteiger partial charge in [-0.15, -0.1) is 11.8 Å². The number of rotatable bonds is 7. The van der Waals surface area contributed by atoms with E-state index in [-0.39, 0.29) is 13.2 Å². The summed E-state index contributed by atoms with van der Waals surface area (Å²) in [7, 11) is 0. The van der Waals surface area contributed by atoms with Crippen LogP contribution in [0.3, 0.4) is 0 Å². The third-order valence-electron chi connectivity index (χ3n) is 5.23. The molecule has 7 heteroatoms. The molecule has 1 aliphatic heterocycles. The van der Waals surface area contributed by atoms with Crippen molar-refractivity contribution < 1.29 is 30.3 Å². The number of aliphatic hydroxyl groups is 5. The average Bonchev–Trinajstić information content (AvgIpc) is 2.75. The van der Waals surface area contributed by atoms with Gasteiger partial charge in [0.1, 0.15) is 18.0 Å². The van der Waals surface area contributed by atoms with E-state index in [1.165, 1.54) is 5.56 Å². The molecule has 0 aliphatic carbocycles.